The molecule has 2 N–H and O–H groups in total. The molecule has 8 heteroatoms. The van der Waals surface area contributed by atoms with Crippen molar-refractivity contribution in [2.75, 3.05) is 65.1 Å². The zero-order valence-electron chi connectivity index (χ0n) is 19.2. The van der Waals surface area contributed by atoms with Gasteiger partial charge in [-0.15, -0.1) is 0 Å². The number of benzene rings is 1. The lowest BCUT2D eigenvalue weighted by atomic mass is 10.1. The van der Waals surface area contributed by atoms with Gasteiger partial charge in [0.15, 0.2) is 5.96 Å². The molecule has 3 rings (SSSR count). The van der Waals surface area contributed by atoms with E-state index in [-0.39, 0.29) is 0 Å². The number of rotatable bonds is 10. The maximum Gasteiger partial charge on any atom is 0.191 e. The highest BCUT2D eigenvalue weighted by molar-refractivity contribution is 5.80. The van der Waals surface area contributed by atoms with E-state index in [2.05, 4.69) is 34.6 Å². The van der Waals surface area contributed by atoms with Gasteiger partial charge in [-0.3, -0.25) is 4.99 Å². The first kappa shape index (κ1) is 23.5. The molecule has 2 aliphatic heterocycles. The summed E-state index contributed by atoms with van der Waals surface area (Å²) in [7, 11) is 3.36. The SMILES string of the molecule is CCNC(=NCCCOC1CCOCC1)NC1CCN(c2cc(OC)cc(OC)c2)C1. The van der Waals surface area contributed by atoms with Crippen molar-refractivity contribution in [2.24, 2.45) is 4.99 Å². The highest BCUT2D eigenvalue weighted by Gasteiger charge is 2.24. The molecule has 0 aromatic heterocycles. The van der Waals surface area contributed by atoms with Crippen molar-refractivity contribution in [3.63, 3.8) is 0 Å². The Morgan fingerprint density at radius 2 is 1.87 bits per heavy atom. The van der Waals surface area contributed by atoms with E-state index >= 15 is 0 Å². The average Bonchev–Trinajstić information content (AvgIpc) is 3.27. The zero-order chi connectivity index (χ0) is 21.9. The van der Waals surface area contributed by atoms with Gasteiger partial charge in [-0.25, -0.2) is 0 Å². The minimum absolute atomic E-state index is 0.341. The summed E-state index contributed by atoms with van der Waals surface area (Å²) in [5.41, 5.74) is 1.12. The fourth-order valence-corrected chi connectivity index (χ4v) is 3.95. The number of hydrogen-bond donors (Lipinski definition) is 2. The largest absolute Gasteiger partial charge is 0.497 e. The van der Waals surface area contributed by atoms with Crippen LogP contribution >= 0.6 is 0 Å². The highest BCUT2D eigenvalue weighted by Crippen LogP contribution is 2.30. The molecule has 2 heterocycles. The van der Waals surface area contributed by atoms with Gasteiger partial charge < -0.3 is 34.5 Å². The van der Waals surface area contributed by atoms with Crippen molar-refractivity contribution in [3.05, 3.63) is 18.2 Å². The maximum absolute atomic E-state index is 5.94. The smallest absolute Gasteiger partial charge is 0.191 e. The zero-order valence-corrected chi connectivity index (χ0v) is 19.2. The molecule has 0 radical (unpaired) electrons. The third kappa shape index (κ3) is 7.47. The second-order valence-corrected chi connectivity index (χ2v) is 7.94. The highest BCUT2D eigenvalue weighted by atomic mass is 16.5. The summed E-state index contributed by atoms with van der Waals surface area (Å²) in [6.07, 6.45) is 4.34. The van der Waals surface area contributed by atoms with Gasteiger partial charge in [0.05, 0.1) is 20.3 Å². The minimum Gasteiger partial charge on any atom is -0.497 e. The molecule has 1 aromatic carbocycles. The van der Waals surface area contributed by atoms with E-state index in [1.54, 1.807) is 14.2 Å². The second kappa shape index (κ2) is 12.6. The molecule has 174 valence electrons. The summed E-state index contributed by atoms with van der Waals surface area (Å²) >= 11 is 0. The molecule has 0 amide bonds. The average molecular weight is 435 g/mol. The first-order chi connectivity index (χ1) is 15.2. The summed E-state index contributed by atoms with van der Waals surface area (Å²) in [5, 5.41) is 6.96. The Balaban J connectivity index is 1.46. The molecular formula is C23H38N4O4. The van der Waals surface area contributed by atoms with Crippen molar-refractivity contribution in [3.8, 4) is 11.5 Å². The Labute approximate surface area is 186 Å². The van der Waals surface area contributed by atoms with Crippen LogP contribution in [0.4, 0.5) is 5.69 Å². The third-order valence-electron chi connectivity index (χ3n) is 5.67. The fourth-order valence-electron chi connectivity index (χ4n) is 3.95. The van der Waals surface area contributed by atoms with E-state index in [9.17, 15) is 0 Å². The van der Waals surface area contributed by atoms with Crippen molar-refractivity contribution in [1.82, 2.24) is 10.6 Å². The number of hydrogen-bond acceptors (Lipinski definition) is 6. The number of guanidine groups is 1. The summed E-state index contributed by atoms with van der Waals surface area (Å²) in [6, 6.07) is 6.36. The lowest BCUT2D eigenvalue weighted by Crippen LogP contribution is -2.44. The molecule has 1 atom stereocenters. The molecule has 2 fully saturated rings. The Kier molecular flexibility index (Phi) is 9.55. The molecule has 0 aliphatic carbocycles. The summed E-state index contributed by atoms with van der Waals surface area (Å²) < 4.78 is 22.1. The van der Waals surface area contributed by atoms with Crippen LogP contribution in [0.15, 0.2) is 23.2 Å². The predicted octanol–water partition coefficient (Wildman–Crippen LogP) is 2.42. The van der Waals surface area contributed by atoms with Gasteiger partial charge in [-0.05, 0) is 32.6 Å². The van der Waals surface area contributed by atoms with Gasteiger partial charge in [-0.1, -0.05) is 0 Å². The second-order valence-electron chi connectivity index (χ2n) is 7.94. The lowest BCUT2D eigenvalue weighted by molar-refractivity contribution is -0.0318. The lowest BCUT2D eigenvalue weighted by Gasteiger charge is -2.22. The molecule has 31 heavy (non-hydrogen) atoms. The maximum atomic E-state index is 5.94. The van der Waals surface area contributed by atoms with Crippen LogP contribution in [0.1, 0.15) is 32.6 Å². The quantitative estimate of drug-likeness (QED) is 0.333. The van der Waals surface area contributed by atoms with Crippen molar-refractivity contribution >= 4 is 11.6 Å². The number of nitrogens with zero attached hydrogens (tertiary/aromatic N) is 2. The van der Waals surface area contributed by atoms with E-state index in [4.69, 9.17) is 23.9 Å². The Bertz CT molecular complexity index is 672. The van der Waals surface area contributed by atoms with Crippen LogP contribution in [0.5, 0.6) is 11.5 Å². The molecule has 2 aliphatic rings. The van der Waals surface area contributed by atoms with Crippen LogP contribution in [0.25, 0.3) is 0 Å². The Morgan fingerprint density at radius 3 is 2.55 bits per heavy atom. The summed E-state index contributed by atoms with van der Waals surface area (Å²) in [4.78, 5) is 7.10. The predicted molar refractivity (Wildman–Crippen MR) is 124 cm³/mol. The summed E-state index contributed by atoms with van der Waals surface area (Å²) in [5.74, 6) is 2.50. The number of methoxy groups -OCH3 is 2. The van der Waals surface area contributed by atoms with Gasteiger partial charge in [0.1, 0.15) is 11.5 Å². The summed E-state index contributed by atoms with van der Waals surface area (Å²) in [6.45, 7) is 7.96. The van der Waals surface area contributed by atoms with Crippen molar-refractivity contribution in [1.29, 1.82) is 0 Å². The molecule has 1 aromatic rings. The molecule has 0 saturated carbocycles. The minimum atomic E-state index is 0.341. The number of ether oxygens (including phenoxy) is 4. The Hall–Kier alpha value is -2.19. The standard InChI is InChI=1S/C23H38N4O4/c1-4-24-23(25-9-5-11-31-20-7-12-30-13-8-20)26-18-6-10-27(17-18)19-14-21(28-2)16-22(15-19)29-3/h14-16,18,20H,4-13,17H2,1-3H3,(H2,24,25,26). The monoisotopic (exact) mass is 434 g/mol. The molecule has 2 saturated heterocycles. The number of aliphatic imine (C=N–C) groups is 1. The molecule has 1 unspecified atom stereocenters. The van der Waals surface area contributed by atoms with Gasteiger partial charge in [0.25, 0.3) is 0 Å². The normalized spacial score (nSPS) is 20.0. The molecule has 8 nitrogen and oxygen atoms in total. The van der Waals surface area contributed by atoms with Crippen LogP contribution in [-0.2, 0) is 9.47 Å². The number of nitrogens with one attached hydrogen (secondary N) is 2. The third-order valence-corrected chi connectivity index (χ3v) is 5.67. The van der Waals surface area contributed by atoms with Gasteiger partial charge in [0, 0.05) is 75.9 Å². The molecule has 0 bridgehead atoms. The van der Waals surface area contributed by atoms with Gasteiger partial charge in [-0.2, -0.15) is 0 Å². The first-order valence-corrected chi connectivity index (χ1v) is 11.4. The topological polar surface area (TPSA) is 76.6 Å². The fraction of sp³-hybridized carbons (Fsp3) is 0.696. The van der Waals surface area contributed by atoms with Crippen LogP contribution in [0.3, 0.4) is 0 Å². The van der Waals surface area contributed by atoms with Crippen LogP contribution < -0.4 is 25.0 Å². The first-order valence-electron chi connectivity index (χ1n) is 11.4. The van der Waals surface area contributed by atoms with E-state index in [1.165, 1.54) is 0 Å². The molecule has 0 spiro atoms. The van der Waals surface area contributed by atoms with E-state index < -0.39 is 0 Å². The van der Waals surface area contributed by atoms with Gasteiger partial charge >= 0.3 is 0 Å². The van der Waals surface area contributed by atoms with Crippen LogP contribution in [0.2, 0.25) is 0 Å². The number of anilines is 1. The van der Waals surface area contributed by atoms with E-state index in [1.807, 2.05) is 6.07 Å². The van der Waals surface area contributed by atoms with Gasteiger partial charge in [0.2, 0.25) is 0 Å². The van der Waals surface area contributed by atoms with E-state index in [0.29, 0.717) is 12.1 Å². The van der Waals surface area contributed by atoms with Crippen molar-refractivity contribution < 1.29 is 18.9 Å². The Morgan fingerprint density at radius 1 is 1.13 bits per heavy atom. The van der Waals surface area contributed by atoms with Crippen LogP contribution in [0, 0.1) is 0 Å². The molecular weight excluding hydrogens is 396 g/mol. The van der Waals surface area contributed by atoms with Crippen molar-refractivity contribution in [2.45, 2.75) is 44.8 Å². The van der Waals surface area contributed by atoms with E-state index in [0.717, 1.165) is 94.8 Å². The van der Waals surface area contributed by atoms with Crippen LogP contribution in [-0.4, -0.2) is 78.3 Å².